The minimum atomic E-state index is -0.324. The van der Waals surface area contributed by atoms with E-state index in [1.807, 2.05) is 17.0 Å². The number of fused-ring (bicyclic) bond motifs is 1. The number of imidazole rings is 1. The van der Waals surface area contributed by atoms with Gasteiger partial charge < -0.3 is 15.0 Å². The topological polar surface area (TPSA) is 90.3 Å². The van der Waals surface area contributed by atoms with Crippen LogP contribution >= 0.6 is 0 Å². The quantitative estimate of drug-likeness (QED) is 0.503. The van der Waals surface area contributed by atoms with E-state index >= 15 is 0 Å². The largest absolute Gasteiger partial charge is 0.395 e. The lowest BCUT2D eigenvalue weighted by Crippen LogP contribution is -2.49. The number of β-amino-alcohol motifs (C(OH)–C–C–N with tert-alkyl or cyclic N) is 1. The standard InChI is InChI=1S/C23H23FN6O2/c24-18-2-1-3-19(13-18)30-15-17(14-25-30)22-26-20-5-4-16(12-21(20)27-22)23(32)29-8-6-28(7-9-29)10-11-31/h1-5,12-15,31H,6-11H2,(H,26,27). The Morgan fingerprint density at radius 3 is 2.75 bits per heavy atom. The fourth-order valence-corrected chi connectivity index (χ4v) is 3.98. The summed E-state index contributed by atoms with van der Waals surface area (Å²) in [6, 6.07) is 11.7. The van der Waals surface area contributed by atoms with Crippen molar-refractivity contribution in [3.8, 4) is 17.1 Å². The Balaban J connectivity index is 1.35. The molecule has 0 bridgehead atoms. The molecule has 5 rings (SSSR count). The second kappa shape index (κ2) is 8.52. The lowest BCUT2D eigenvalue weighted by molar-refractivity contribution is 0.0615. The molecule has 2 aromatic carbocycles. The summed E-state index contributed by atoms with van der Waals surface area (Å²) in [6.07, 6.45) is 3.45. The van der Waals surface area contributed by atoms with Gasteiger partial charge in [0.2, 0.25) is 0 Å². The lowest BCUT2D eigenvalue weighted by Gasteiger charge is -2.34. The van der Waals surface area contributed by atoms with E-state index in [0.29, 0.717) is 36.7 Å². The van der Waals surface area contributed by atoms with Crippen LogP contribution < -0.4 is 0 Å². The van der Waals surface area contributed by atoms with Gasteiger partial charge in [-0.2, -0.15) is 5.10 Å². The molecule has 0 radical (unpaired) electrons. The van der Waals surface area contributed by atoms with Crippen molar-refractivity contribution in [2.75, 3.05) is 39.3 Å². The van der Waals surface area contributed by atoms with Gasteiger partial charge in [-0.1, -0.05) is 6.07 Å². The first kappa shape index (κ1) is 20.3. The summed E-state index contributed by atoms with van der Waals surface area (Å²) in [4.78, 5) is 24.8. The number of aromatic amines is 1. The average Bonchev–Trinajstić information content (AvgIpc) is 3.46. The maximum Gasteiger partial charge on any atom is 0.254 e. The lowest BCUT2D eigenvalue weighted by atomic mass is 10.1. The number of halogens is 1. The number of benzene rings is 2. The van der Waals surface area contributed by atoms with Crippen molar-refractivity contribution in [1.29, 1.82) is 0 Å². The second-order valence-electron chi connectivity index (χ2n) is 7.83. The second-order valence-corrected chi connectivity index (χ2v) is 7.83. The number of amides is 1. The number of carbonyl (C=O) groups is 1. The summed E-state index contributed by atoms with van der Waals surface area (Å²) in [5, 5.41) is 13.4. The van der Waals surface area contributed by atoms with Gasteiger partial charge in [-0.3, -0.25) is 9.69 Å². The van der Waals surface area contributed by atoms with Crippen LogP contribution in [0.5, 0.6) is 0 Å². The zero-order valence-corrected chi connectivity index (χ0v) is 17.4. The number of nitrogens with one attached hydrogen (secondary N) is 1. The first-order chi connectivity index (χ1) is 15.6. The molecule has 0 unspecified atom stereocenters. The predicted octanol–water partition coefficient (Wildman–Crippen LogP) is 2.30. The van der Waals surface area contributed by atoms with Crippen molar-refractivity contribution in [3.05, 3.63) is 66.2 Å². The van der Waals surface area contributed by atoms with Crippen LogP contribution in [0.2, 0.25) is 0 Å². The number of H-pyrrole nitrogens is 1. The number of aliphatic hydroxyl groups is 1. The summed E-state index contributed by atoms with van der Waals surface area (Å²) >= 11 is 0. The minimum absolute atomic E-state index is 0.00868. The van der Waals surface area contributed by atoms with Crippen LogP contribution in [0, 0.1) is 5.82 Å². The van der Waals surface area contributed by atoms with Gasteiger partial charge in [0.25, 0.3) is 5.91 Å². The average molecular weight is 434 g/mol. The van der Waals surface area contributed by atoms with E-state index in [2.05, 4.69) is 20.0 Å². The third kappa shape index (κ3) is 4.00. The van der Waals surface area contributed by atoms with Crippen LogP contribution in [-0.2, 0) is 0 Å². The van der Waals surface area contributed by atoms with Gasteiger partial charge in [0.15, 0.2) is 0 Å². The molecule has 0 atom stereocenters. The summed E-state index contributed by atoms with van der Waals surface area (Å²) in [7, 11) is 0. The Bertz CT molecular complexity index is 1260. The SMILES string of the molecule is O=C(c1ccc2nc(-c3cnn(-c4cccc(F)c4)c3)[nH]c2c1)N1CCN(CCO)CC1. The number of hydrogen-bond acceptors (Lipinski definition) is 5. The van der Waals surface area contributed by atoms with E-state index in [9.17, 15) is 9.18 Å². The van der Waals surface area contributed by atoms with Gasteiger partial charge in [0.1, 0.15) is 11.6 Å². The van der Waals surface area contributed by atoms with Gasteiger partial charge in [0.05, 0.1) is 35.1 Å². The number of aliphatic hydroxyl groups excluding tert-OH is 1. The molecule has 0 saturated carbocycles. The summed E-state index contributed by atoms with van der Waals surface area (Å²) in [5.41, 5.74) is 3.52. The third-order valence-electron chi connectivity index (χ3n) is 5.73. The smallest absolute Gasteiger partial charge is 0.254 e. The Hall–Kier alpha value is -3.56. The number of hydrogen-bond donors (Lipinski definition) is 2. The van der Waals surface area contributed by atoms with E-state index < -0.39 is 0 Å². The molecule has 0 aliphatic carbocycles. The molecule has 164 valence electrons. The monoisotopic (exact) mass is 434 g/mol. The van der Waals surface area contributed by atoms with Gasteiger partial charge in [0, 0.05) is 44.5 Å². The highest BCUT2D eigenvalue weighted by Gasteiger charge is 2.22. The first-order valence-corrected chi connectivity index (χ1v) is 10.5. The van der Waals surface area contributed by atoms with E-state index in [1.54, 1.807) is 35.3 Å². The highest BCUT2D eigenvalue weighted by molar-refractivity contribution is 5.97. The van der Waals surface area contributed by atoms with Crippen LogP contribution in [0.1, 0.15) is 10.4 Å². The predicted molar refractivity (Wildman–Crippen MR) is 118 cm³/mol. The highest BCUT2D eigenvalue weighted by atomic mass is 19.1. The van der Waals surface area contributed by atoms with E-state index in [-0.39, 0.29) is 18.3 Å². The van der Waals surface area contributed by atoms with Crippen LogP contribution in [0.3, 0.4) is 0 Å². The van der Waals surface area contributed by atoms with Gasteiger partial charge in [-0.05, 0) is 36.4 Å². The molecular weight excluding hydrogens is 411 g/mol. The van der Waals surface area contributed by atoms with Crippen LogP contribution in [0.15, 0.2) is 54.9 Å². The number of nitrogens with zero attached hydrogens (tertiary/aromatic N) is 5. The maximum absolute atomic E-state index is 13.5. The zero-order valence-electron chi connectivity index (χ0n) is 17.4. The van der Waals surface area contributed by atoms with Crippen molar-refractivity contribution >= 4 is 16.9 Å². The molecule has 1 amide bonds. The third-order valence-corrected chi connectivity index (χ3v) is 5.73. The van der Waals surface area contributed by atoms with Crippen molar-refractivity contribution < 1.29 is 14.3 Å². The molecule has 1 saturated heterocycles. The molecule has 1 aliphatic rings. The maximum atomic E-state index is 13.5. The number of aromatic nitrogens is 4. The highest BCUT2D eigenvalue weighted by Crippen LogP contribution is 2.23. The molecule has 1 aliphatic heterocycles. The molecule has 2 aromatic heterocycles. The van der Waals surface area contributed by atoms with Crippen LogP contribution in [-0.4, -0.2) is 79.9 Å². The Labute approximate surface area is 183 Å². The molecular formula is C23H23FN6O2. The summed E-state index contributed by atoms with van der Waals surface area (Å²) in [6.45, 7) is 3.58. The molecule has 0 spiro atoms. The van der Waals surface area contributed by atoms with E-state index in [1.165, 1.54) is 12.1 Å². The normalized spacial score (nSPS) is 14.9. The molecule has 1 fully saturated rings. The molecule has 8 nitrogen and oxygen atoms in total. The summed E-state index contributed by atoms with van der Waals surface area (Å²) < 4.78 is 15.1. The van der Waals surface area contributed by atoms with Crippen molar-refractivity contribution in [1.82, 2.24) is 29.5 Å². The van der Waals surface area contributed by atoms with Crippen LogP contribution in [0.25, 0.3) is 28.1 Å². The zero-order chi connectivity index (χ0) is 22.1. The van der Waals surface area contributed by atoms with Gasteiger partial charge in [-0.25, -0.2) is 14.1 Å². The summed E-state index contributed by atoms with van der Waals surface area (Å²) in [5.74, 6) is 0.297. The van der Waals surface area contributed by atoms with Gasteiger partial charge in [-0.15, -0.1) is 0 Å². The van der Waals surface area contributed by atoms with E-state index in [0.717, 1.165) is 29.7 Å². The van der Waals surface area contributed by atoms with Crippen molar-refractivity contribution in [2.45, 2.75) is 0 Å². The molecule has 9 heteroatoms. The van der Waals surface area contributed by atoms with Crippen molar-refractivity contribution in [2.24, 2.45) is 0 Å². The first-order valence-electron chi connectivity index (χ1n) is 10.5. The Kier molecular flexibility index (Phi) is 5.42. The fraction of sp³-hybridized carbons (Fsp3) is 0.261. The Morgan fingerprint density at radius 2 is 1.97 bits per heavy atom. The fourth-order valence-electron chi connectivity index (χ4n) is 3.98. The van der Waals surface area contributed by atoms with Crippen LogP contribution in [0.4, 0.5) is 4.39 Å². The van der Waals surface area contributed by atoms with Gasteiger partial charge >= 0.3 is 0 Å². The molecule has 32 heavy (non-hydrogen) atoms. The minimum Gasteiger partial charge on any atom is -0.395 e. The molecule has 2 N–H and O–H groups in total. The van der Waals surface area contributed by atoms with E-state index in [4.69, 9.17) is 5.11 Å². The Morgan fingerprint density at radius 1 is 1.12 bits per heavy atom. The number of piperazine rings is 1. The van der Waals surface area contributed by atoms with Crippen molar-refractivity contribution in [3.63, 3.8) is 0 Å². The molecule has 4 aromatic rings. The molecule has 3 heterocycles. The number of carbonyl (C=O) groups excluding carboxylic acids is 1. The number of rotatable bonds is 5.